The number of carbonyl (C=O) groups excluding carboxylic acids is 1. The molecule has 1 amide bonds. The van der Waals surface area contributed by atoms with Crippen molar-refractivity contribution in [2.24, 2.45) is 0 Å². The molecule has 1 aromatic heterocycles. The molecule has 2 aromatic rings. The molecule has 7 nitrogen and oxygen atoms in total. The largest absolute Gasteiger partial charge is 0.339 e. The predicted octanol–water partition coefficient (Wildman–Crippen LogP) is 1.48. The summed E-state index contributed by atoms with van der Waals surface area (Å²) in [6, 6.07) is 12.6. The van der Waals surface area contributed by atoms with Crippen LogP contribution in [0.5, 0.6) is 0 Å². The van der Waals surface area contributed by atoms with E-state index in [4.69, 9.17) is 5.26 Å². The highest BCUT2D eigenvalue weighted by Gasteiger charge is 2.21. The van der Waals surface area contributed by atoms with E-state index >= 15 is 0 Å². The predicted molar refractivity (Wildman–Crippen MR) is 89.9 cm³/mol. The van der Waals surface area contributed by atoms with Crippen molar-refractivity contribution in [3.63, 3.8) is 0 Å². The Hall–Kier alpha value is -2.98. The van der Waals surface area contributed by atoms with Gasteiger partial charge in [0.15, 0.2) is 11.5 Å². The van der Waals surface area contributed by atoms with Crippen molar-refractivity contribution >= 4 is 17.4 Å². The summed E-state index contributed by atoms with van der Waals surface area (Å²) in [5.41, 5.74) is 1.66. The average molecular weight is 322 g/mol. The Morgan fingerprint density at radius 1 is 1.17 bits per heavy atom. The van der Waals surface area contributed by atoms with E-state index in [9.17, 15) is 4.79 Å². The van der Waals surface area contributed by atoms with Gasteiger partial charge in [-0.05, 0) is 37.4 Å². The Balaban J connectivity index is 1.67. The number of hydrogen-bond acceptors (Lipinski definition) is 6. The van der Waals surface area contributed by atoms with Gasteiger partial charge in [0.1, 0.15) is 0 Å². The lowest BCUT2D eigenvalue weighted by Gasteiger charge is -2.32. The van der Waals surface area contributed by atoms with Crippen molar-refractivity contribution in [3.05, 3.63) is 47.7 Å². The van der Waals surface area contributed by atoms with Gasteiger partial charge in [0.2, 0.25) is 0 Å². The molecule has 0 bridgehead atoms. The number of piperazine rings is 1. The molecule has 3 rings (SSSR count). The monoisotopic (exact) mass is 322 g/mol. The van der Waals surface area contributed by atoms with Crippen LogP contribution in [0.1, 0.15) is 16.1 Å². The van der Waals surface area contributed by atoms with Crippen molar-refractivity contribution in [2.45, 2.75) is 0 Å². The number of hydrogen-bond donors (Lipinski definition) is 1. The fourth-order valence-corrected chi connectivity index (χ4v) is 2.50. The fourth-order valence-electron chi connectivity index (χ4n) is 2.50. The molecule has 122 valence electrons. The molecule has 1 aliphatic heterocycles. The van der Waals surface area contributed by atoms with E-state index in [1.165, 1.54) is 0 Å². The number of rotatable bonds is 3. The third-order valence-electron chi connectivity index (χ3n) is 3.94. The van der Waals surface area contributed by atoms with E-state index in [1.807, 2.05) is 13.1 Å². The summed E-state index contributed by atoms with van der Waals surface area (Å²) < 4.78 is 0. The lowest BCUT2D eigenvalue weighted by Crippen LogP contribution is -2.47. The van der Waals surface area contributed by atoms with Gasteiger partial charge in [0.05, 0.1) is 11.6 Å². The van der Waals surface area contributed by atoms with Gasteiger partial charge in [0, 0.05) is 31.9 Å². The number of benzene rings is 1. The number of amides is 1. The van der Waals surface area contributed by atoms with Crippen molar-refractivity contribution < 1.29 is 4.79 Å². The second-order valence-corrected chi connectivity index (χ2v) is 5.72. The molecule has 0 aliphatic carbocycles. The Bertz CT molecular complexity index is 759. The fraction of sp³-hybridized carbons (Fsp3) is 0.294. The number of aromatic nitrogens is 2. The Morgan fingerprint density at radius 2 is 1.96 bits per heavy atom. The molecule has 2 heterocycles. The minimum absolute atomic E-state index is 0.0892. The van der Waals surface area contributed by atoms with Crippen LogP contribution in [0.3, 0.4) is 0 Å². The van der Waals surface area contributed by atoms with Crippen LogP contribution in [0.25, 0.3) is 0 Å². The van der Waals surface area contributed by atoms with E-state index in [0.717, 1.165) is 18.8 Å². The van der Waals surface area contributed by atoms with Crippen molar-refractivity contribution in [2.75, 3.05) is 38.5 Å². The number of likely N-dealkylation sites (N-methyl/N-ethyl adjacent to an activating group) is 1. The maximum Gasteiger partial charge on any atom is 0.274 e. The molecular formula is C17H18N6O. The average Bonchev–Trinajstić information content (AvgIpc) is 2.62. The van der Waals surface area contributed by atoms with Crippen molar-refractivity contribution in [3.8, 4) is 6.07 Å². The smallest absolute Gasteiger partial charge is 0.274 e. The molecular weight excluding hydrogens is 304 g/mol. The molecule has 24 heavy (non-hydrogen) atoms. The summed E-state index contributed by atoms with van der Waals surface area (Å²) in [5.74, 6) is 0.439. The molecule has 1 N–H and O–H groups in total. The highest BCUT2D eigenvalue weighted by molar-refractivity contribution is 5.92. The number of nitrogens with one attached hydrogen (secondary N) is 1. The maximum atomic E-state index is 12.4. The van der Waals surface area contributed by atoms with E-state index in [2.05, 4.69) is 26.5 Å². The first kappa shape index (κ1) is 15.9. The van der Waals surface area contributed by atoms with Crippen molar-refractivity contribution in [1.29, 1.82) is 5.26 Å². The summed E-state index contributed by atoms with van der Waals surface area (Å²) in [5, 5.41) is 20.1. The zero-order chi connectivity index (χ0) is 16.9. The summed E-state index contributed by atoms with van der Waals surface area (Å²) in [7, 11) is 2.05. The van der Waals surface area contributed by atoms with Crippen LogP contribution in [-0.4, -0.2) is 59.1 Å². The molecule has 1 aromatic carbocycles. The lowest BCUT2D eigenvalue weighted by atomic mass is 10.2. The van der Waals surface area contributed by atoms with Crippen LogP contribution in [0, 0.1) is 11.3 Å². The minimum atomic E-state index is -0.0892. The Kier molecular flexibility index (Phi) is 4.68. The molecule has 0 saturated carbocycles. The SMILES string of the molecule is CN1CCN(C(=O)c2ccc(Nc3cccc(C#N)c3)nn2)CC1. The second-order valence-electron chi connectivity index (χ2n) is 5.72. The molecule has 0 spiro atoms. The van der Waals surface area contributed by atoms with Gasteiger partial charge in [-0.25, -0.2) is 0 Å². The topological polar surface area (TPSA) is 85.1 Å². The molecule has 0 unspecified atom stereocenters. The summed E-state index contributed by atoms with van der Waals surface area (Å²) in [6.07, 6.45) is 0. The van der Waals surface area contributed by atoms with Gasteiger partial charge in [-0.2, -0.15) is 5.26 Å². The van der Waals surface area contributed by atoms with Gasteiger partial charge in [-0.1, -0.05) is 6.07 Å². The first-order valence-corrected chi connectivity index (χ1v) is 7.74. The Labute approximate surface area is 140 Å². The molecule has 1 aliphatic rings. The van der Waals surface area contributed by atoms with Crippen LogP contribution < -0.4 is 5.32 Å². The van der Waals surface area contributed by atoms with Crippen LogP contribution in [-0.2, 0) is 0 Å². The first-order valence-electron chi connectivity index (χ1n) is 7.74. The summed E-state index contributed by atoms with van der Waals surface area (Å²) in [6.45, 7) is 3.15. The molecule has 1 fully saturated rings. The van der Waals surface area contributed by atoms with E-state index < -0.39 is 0 Å². The normalized spacial score (nSPS) is 14.9. The highest BCUT2D eigenvalue weighted by atomic mass is 16.2. The number of carbonyl (C=O) groups is 1. The molecule has 0 radical (unpaired) electrons. The highest BCUT2D eigenvalue weighted by Crippen LogP contribution is 2.15. The van der Waals surface area contributed by atoms with Gasteiger partial charge >= 0.3 is 0 Å². The maximum absolute atomic E-state index is 12.4. The summed E-state index contributed by atoms with van der Waals surface area (Å²) in [4.78, 5) is 16.4. The first-order chi connectivity index (χ1) is 11.7. The van der Waals surface area contributed by atoms with E-state index in [1.54, 1.807) is 35.2 Å². The van der Waals surface area contributed by atoms with Gasteiger partial charge in [0.25, 0.3) is 5.91 Å². The Morgan fingerprint density at radius 3 is 2.62 bits per heavy atom. The van der Waals surface area contributed by atoms with Gasteiger partial charge < -0.3 is 15.1 Å². The second kappa shape index (κ2) is 7.06. The van der Waals surface area contributed by atoms with Crippen LogP contribution in [0.2, 0.25) is 0 Å². The molecule has 1 saturated heterocycles. The van der Waals surface area contributed by atoms with Gasteiger partial charge in [-0.15, -0.1) is 10.2 Å². The number of nitriles is 1. The van der Waals surface area contributed by atoms with E-state index in [0.29, 0.717) is 30.2 Å². The standard InChI is InChI=1S/C17H18N6O/c1-22-7-9-23(10-8-22)17(24)15-5-6-16(21-20-15)19-14-4-2-3-13(11-14)12-18/h2-6,11H,7-10H2,1H3,(H,19,21). The molecule has 7 heteroatoms. The number of nitrogens with zero attached hydrogens (tertiary/aromatic N) is 5. The van der Waals surface area contributed by atoms with Crippen LogP contribution in [0.4, 0.5) is 11.5 Å². The molecule has 0 atom stereocenters. The zero-order valence-electron chi connectivity index (χ0n) is 13.4. The van der Waals surface area contributed by atoms with Crippen molar-refractivity contribution in [1.82, 2.24) is 20.0 Å². The minimum Gasteiger partial charge on any atom is -0.339 e. The van der Waals surface area contributed by atoms with E-state index in [-0.39, 0.29) is 5.91 Å². The summed E-state index contributed by atoms with van der Waals surface area (Å²) >= 11 is 0. The third kappa shape index (κ3) is 3.67. The van der Waals surface area contributed by atoms with Crippen LogP contribution >= 0.6 is 0 Å². The third-order valence-corrected chi connectivity index (χ3v) is 3.94. The van der Waals surface area contributed by atoms with Crippen LogP contribution in [0.15, 0.2) is 36.4 Å². The quantitative estimate of drug-likeness (QED) is 0.921. The zero-order valence-corrected chi connectivity index (χ0v) is 13.4. The number of anilines is 2. The lowest BCUT2D eigenvalue weighted by molar-refractivity contribution is 0.0657. The van der Waals surface area contributed by atoms with Gasteiger partial charge in [-0.3, -0.25) is 4.79 Å².